The lowest BCUT2D eigenvalue weighted by atomic mass is 9.95. The monoisotopic (exact) mass is 562 g/mol. The number of amides is 1. The Kier molecular flexibility index (Phi) is 6.70. The maximum Gasteiger partial charge on any atom is 0.254 e. The number of carbonyl (C=O) groups excluding carboxylic acids is 1. The molecule has 0 aliphatic carbocycles. The minimum Gasteiger partial charge on any atom is -0.339 e. The Morgan fingerprint density at radius 1 is 0.881 bits per heavy atom. The number of piperidine rings is 1. The summed E-state index contributed by atoms with van der Waals surface area (Å²) in [6, 6.07) is 19.8. The van der Waals surface area contributed by atoms with E-state index in [0.717, 1.165) is 46.2 Å². The van der Waals surface area contributed by atoms with E-state index < -0.39 is 0 Å². The largest absolute Gasteiger partial charge is 0.339 e. The SMILES string of the molecule is O=C(c1ccnc2c1ccn2Cc1cncc(F)c1)N1CCC(c2nc3ccccc3n2Cc2cccc(F)c2)CC1. The van der Waals surface area contributed by atoms with Crippen LogP contribution in [0.15, 0.2) is 91.5 Å². The Morgan fingerprint density at radius 3 is 2.55 bits per heavy atom. The van der Waals surface area contributed by atoms with E-state index in [1.165, 1.54) is 18.3 Å². The highest BCUT2D eigenvalue weighted by molar-refractivity contribution is 6.05. The zero-order chi connectivity index (χ0) is 28.6. The van der Waals surface area contributed by atoms with Gasteiger partial charge >= 0.3 is 0 Å². The maximum atomic E-state index is 14.0. The molecule has 9 heteroatoms. The highest BCUT2D eigenvalue weighted by Gasteiger charge is 2.29. The Balaban J connectivity index is 1.11. The van der Waals surface area contributed by atoms with Gasteiger partial charge in [-0.25, -0.2) is 18.7 Å². The van der Waals surface area contributed by atoms with E-state index in [0.29, 0.717) is 37.4 Å². The van der Waals surface area contributed by atoms with Crippen LogP contribution in [0.2, 0.25) is 0 Å². The van der Waals surface area contributed by atoms with Crippen molar-refractivity contribution in [2.45, 2.75) is 31.8 Å². The third-order valence-corrected chi connectivity index (χ3v) is 8.07. The van der Waals surface area contributed by atoms with Crippen molar-refractivity contribution in [1.82, 2.24) is 29.0 Å². The van der Waals surface area contributed by atoms with Gasteiger partial charge in [-0.2, -0.15) is 0 Å². The number of likely N-dealkylation sites (tertiary alicyclic amines) is 1. The van der Waals surface area contributed by atoms with E-state index in [-0.39, 0.29) is 23.5 Å². The van der Waals surface area contributed by atoms with Crippen molar-refractivity contribution in [3.63, 3.8) is 0 Å². The number of aromatic nitrogens is 5. The molecule has 0 radical (unpaired) electrons. The number of rotatable bonds is 6. The fraction of sp³-hybridized carbons (Fsp3) is 0.212. The van der Waals surface area contributed by atoms with Crippen LogP contribution in [0, 0.1) is 11.6 Å². The van der Waals surface area contributed by atoms with Gasteiger partial charge in [-0.1, -0.05) is 24.3 Å². The average Bonchev–Trinajstić information content (AvgIpc) is 3.58. The van der Waals surface area contributed by atoms with E-state index in [1.807, 2.05) is 46.0 Å². The molecule has 0 atom stereocenters. The summed E-state index contributed by atoms with van der Waals surface area (Å²) in [5.74, 6) is 0.480. The highest BCUT2D eigenvalue weighted by atomic mass is 19.1. The first-order valence-electron chi connectivity index (χ1n) is 14.1. The van der Waals surface area contributed by atoms with E-state index in [2.05, 4.69) is 20.6 Å². The molecule has 0 N–H and O–H groups in total. The fourth-order valence-electron chi connectivity index (χ4n) is 6.04. The van der Waals surface area contributed by atoms with Gasteiger partial charge in [0.1, 0.15) is 23.1 Å². The quantitative estimate of drug-likeness (QED) is 0.243. The Hall–Kier alpha value is -4.92. The van der Waals surface area contributed by atoms with Gasteiger partial charge < -0.3 is 14.0 Å². The summed E-state index contributed by atoms with van der Waals surface area (Å²) < 4.78 is 31.7. The topological polar surface area (TPSA) is 68.8 Å². The number of hydrogen-bond donors (Lipinski definition) is 0. The molecule has 7 rings (SSSR count). The number of nitrogens with zero attached hydrogens (tertiary/aromatic N) is 6. The van der Waals surface area contributed by atoms with Crippen molar-refractivity contribution in [2.24, 2.45) is 0 Å². The molecule has 6 aromatic rings. The number of hydrogen-bond acceptors (Lipinski definition) is 4. The molecule has 1 aliphatic heterocycles. The summed E-state index contributed by atoms with van der Waals surface area (Å²) in [7, 11) is 0. The molecular weight excluding hydrogens is 534 g/mol. The van der Waals surface area contributed by atoms with E-state index >= 15 is 0 Å². The molecule has 0 spiro atoms. The van der Waals surface area contributed by atoms with Gasteiger partial charge in [0.25, 0.3) is 5.91 Å². The van der Waals surface area contributed by atoms with E-state index in [9.17, 15) is 13.6 Å². The van der Waals surface area contributed by atoms with Crippen molar-refractivity contribution < 1.29 is 13.6 Å². The smallest absolute Gasteiger partial charge is 0.254 e. The number of benzene rings is 2. The molecule has 0 bridgehead atoms. The van der Waals surface area contributed by atoms with Gasteiger partial charge in [0.15, 0.2) is 0 Å². The number of imidazole rings is 1. The summed E-state index contributed by atoms with van der Waals surface area (Å²) in [6.07, 6.45) is 7.88. The third-order valence-electron chi connectivity index (χ3n) is 8.07. The zero-order valence-corrected chi connectivity index (χ0v) is 22.8. The van der Waals surface area contributed by atoms with Gasteiger partial charge in [-0.05, 0) is 66.4 Å². The van der Waals surface area contributed by atoms with Crippen LogP contribution in [0.5, 0.6) is 0 Å². The minimum atomic E-state index is -0.388. The Bertz CT molecular complexity index is 1920. The molecule has 210 valence electrons. The Morgan fingerprint density at radius 2 is 1.71 bits per heavy atom. The van der Waals surface area contributed by atoms with Crippen molar-refractivity contribution in [3.05, 3.63) is 126 Å². The van der Waals surface area contributed by atoms with Crippen LogP contribution >= 0.6 is 0 Å². The normalized spacial score (nSPS) is 14.2. The molecule has 1 saturated heterocycles. The van der Waals surface area contributed by atoms with Crippen LogP contribution in [0.25, 0.3) is 22.1 Å². The van der Waals surface area contributed by atoms with Crippen LogP contribution in [0.3, 0.4) is 0 Å². The molecule has 4 aromatic heterocycles. The number of pyridine rings is 2. The predicted octanol–water partition coefficient (Wildman–Crippen LogP) is 6.18. The first kappa shape index (κ1) is 26.0. The number of carbonyl (C=O) groups is 1. The van der Waals surface area contributed by atoms with Crippen LogP contribution in [0.4, 0.5) is 8.78 Å². The van der Waals surface area contributed by atoms with Gasteiger partial charge in [-0.3, -0.25) is 9.78 Å². The summed E-state index contributed by atoms with van der Waals surface area (Å²) in [5.41, 5.74) is 4.82. The predicted molar refractivity (Wildman–Crippen MR) is 156 cm³/mol. The van der Waals surface area contributed by atoms with Crippen LogP contribution in [-0.4, -0.2) is 48.0 Å². The first-order chi connectivity index (χ1) is 20.5. The van der Waals surface area contributed by atoms with Crippen LogP contribution in [0.1, 0.15) is 46.1 Å². The molecule has 1 amide bonds. The molecule has 5 heterocycles. The molecule has 1 fully saturated rings. The summed E-state index contributed by atoms with van der Waals surface area (Å²) in [5, 5.41) is 0.769. The number of fused-ring (bicyclic) bond motifs is 2. The number of halogens is 2. The van der Waals surface area contributed by atoms with Crippen LogP contribution < -0.4 is 0 Å². The third kappa shape index (κ3) is 4.91. The average molecular weight is 563 g/mol. The summed E-state index contributed by atoms with van der Waals surface area (Å²) in [4.78, 5) is 29.1. The van der Waals surface area contributed by atoms with Gasteiger partial charge in [0.2, 0.25) is 0 Å². The molecule has 1 aliphatic rings. The van der Waals surface area contributed by atoms with Gasteiger partial charge in [0.05, 0.1) is 29.3 Å². The fourth-order valence-corrected chi connectivity index (χ4v) is 6.04. The van der Waals surface area contributed by atoms with E-state index in [1.54, 1.807) is 30.6 Å². The standard InChI is InChI=1S/C33H28F2N6O/c34-25-5-3-4-22(16-25)21-41-30-7-2-1-6-29(30)38-31(41)24-9-13-39(14-10-24)33(42)28-8-12-37-32-27(28)11-15-40(32)20-23-17-26(35)19-36-18-23/h1-8,11-12,15-19,24H,9-10,13-14,20-21H2. The number of para-hydroxylation sites is 2. The first-order valence-corrected chi connectivity index (χ1v) is 14.1. The molecule has 0 saturated carbocycles. The molecule has 7 nitrogen and oxygen atoms in total. The van der Waals surface area contributed by atoms with Crippen molar-refractivity contribution in [3.8, 4) is 0 Å². The second-order valence-electron chi connectivity index (χ2n) is 10.8. The van der Waals surface area contributed by atoms with Crippen LogP contribution in [-0.2, 0) is 13.1 Å². The van der Waals surface area contributed by atoms with Crippen molar-refractivity contribution in [2.75, 3.05) is 13.1 Å². The van der Waals surface area contributed by atoms with E-state index in [4.69, 9.17) is 4.98 Å². The molecule has 42 heavy (non-hydrogen) atoms. The second-order valence-corrected chi connectivity index (χ2v) is 10.8. The zero-order valence-electron chi connectivity index (χ0n) is 22.8. The second kappa shape index (κ2) is 10.8. The van der Waals surface area contributed by atoms with Gasteiger partial charge in [0, 0.05) is 49.5 Å². The molecule has 2 aromatic carbocycles. The maximum absolute atomic E-state index is 14.0. The van der Waals surface area contributed by atoms with Crippen molar-refractivity contribution >= 4 is 28.0 Å². The lowest BCUT2D eigenvalue weighted by Crippen LogP contribution is -2.38. The Labute approximate surface area is 241 Å². The lowest BCUT2D eigenvalue weighted by molar-refractivity contribution is 0.0712. The van der Waals surface area contributed by atoms with Crippen molar-refractivity contribution in [1.29, 1.82) is 0 Å². The minimum absolute atomic E-state index is 0.0284. The summed E-state index contributed by atoms with van der Waals surface area (Å²) in [6.45, 7) is 2.14. The molecular formula is C33H28F2N6O. The van der Waals surface area contributed by atoms with Gasteiger partial charge in [-0.15, -0.1) is 0 Å². The summed E-state index contributed by atoms with van der Waals surface area (Å²) >= 11 is 0. The highest BCUT2D eigenvalue weighted by Crippen LogP contribution is 2.32. The lowest BCUT2D eigenvalue weighted by Gasteiger charge is -2.32. The molecule has 0 unspecified atom stereocenters.